The fraction of sp³-hybridized carbons (Fsp3) is 0.273. The normalized spacial score (nSPS) is 11.7. The number of nitrogens with two attached hydrogens (primary N) is 1. The summed E-state index contributed by atoms with van der Waals surface area (Å²) in [6, 6.07) is 4.08. The van der Waals surface area contributed by atoms with Crippen LogP contribution >= 0.6 is 15.9 Å². The Morgan fingerprint density at radius 3 is 2.78 bits per heavy atom. The molecular formula is C11H13BrN2O4. The summed E-state index contributed by atoms with van der Waals surface area (Å²) >= 11 is 3.27. The number of imide groups is 1. The second-order valence-corrected chi connectivity index (χ2v) is 4.47. The van der Waals surface area contributed by atoms with Crippen molar-refractivity contribution in [3.63, 3.8) is 0 Å². The monoisotopic (exact) mass is 316 g/mol. The summed E-state index contributed by atoms with van der Waals surface area (Å²) in [5.41, 5.74) is 5.33. The van der Waals surface area contributed by atoms with Gasteiger partial charge in [-0.1, -0.05) is 15.9 Å². The molecule has 0 spiro atoms. The summed E-state index contributed by atoms with van der Waals surface area (Å²) in [6.45, 7) is 1.22. The van der Waals surface area contributed by atoms with Gasteiger partial charge in [-0.25, -0.2) is 4.79 Å². The smallest absolute Gasteiger partial charge is 0.318 e. The van der Waals surface area contributed by atoms with Gasteiger partial charge >= 0.3 is 6.03 Å². The summed E-state index contributed by atoms with van der Waals surface area (Å²) in [7, 11) is 0. The highest BCUT2D eigenvalue weighted by Gasteiger charge is 2.12. The van der Waals surface area contributed by atoms with Crippen LogP contribution in [0.4, 0.5) is 4.79 Å². The highest BCUT2D eigenvalue weighted by atomic mass is 79.9. The van der Waals surface area contributed by atoms with Gasteiger partial charge in [-0.15, -0.1) is 0 Å². The number of ether oxygens (including phenoxy) is 1. The molecular weight excluding hydrogens is 304 g/mol. The number of urea groups is 1. The van der Waals surface area contributed by atoms with Crippen LogP contribution in [-0.2, 0) is 4.79 Å². The fourth-order valence-corrected chi connectivity index (χ4v) is 1.67. The molecule has 0 bridgehead atoms. The van der Waals surface area contributed by atoms with Gasteiger partial charge in [-0.3, -0.25) is 10.1 Å². The maximum Gasteiger partial charge on any atom is 0.318 e. The minimum absolute atomic E-state index is 0.357. The second-order valence-electron chi connectivity index (χ2n) is 3.56. The number of benzene rings is 1. The van der Waals surface area contributed by atoms with Gasteiger partial charge < -0.3 is 15.6 Å². The molecule has 0 aliphatic heterocycles. The lowest BCUT2D eigenvalue weighted by molar-refractivity contribution is -0.121. The SMILES string of the molecule is CC(O)c1cc(Br)ccc1OCC(=O)NC(N)=O. The summed E-state index contributed by atoms with van der Waals surface area (Å²) in [6.07, 6.45) is -0.739. The molecule has 0 saturated heterocycles. The van der Waals surface area contributed by atoms with Crippen LogP contribution in [0.1, 0.15) is 18.6 Å². The van der Waals surface area contributed by atoms with Crippen molar-refractivity contribution in [2.75, 3.05) is 6.61 Å². The van der Waals surface area contributed by atoms with E-state index in [1.807, 2.05) is 5.32 Å². The molecule has 0 aliphatic rings. The van der Waals surface area contributed by atoms with E-state index in [1.54, 1.807) is 25.1 Å². The van der Waals surface area contributed by atoms with E-state index in [4.69, 9.17) is 10.5 Å². The number of amides is 3. The molecule has 1 atom stereocenters. The van der Waals surface area contributed by atoms with Crippen molar-refractivity contribution < 1.29 is 19.4 Å². The van der Waals surface area contributed by atoms with E-state index in [0.29, 0.717) is 11.3 Å². The van der Waals surface area contributed by atoms with Crippen LogP contribution in [0.15, 0.2) is 22.7 Å². The maximum atomic E-state index is 11.2. The fourth-order valence-electron chi connectivity index (χ4n) is 1.29. The molecule has 0 saturated carbocycles. The van der Waals surface area contributed by atoms with E-state index in [0.717, 1.165) is 4.47 Å². The molecule has 0 radical (unpaired) electrons. The number of carbonyl (C=O) groups excluding carboxylic acids is 2. The molecule has 0 aliphatic carbocycles. The first-order valence-electron chi connectivity index (χ1n) is 5.09. The molecule has 0 aromatic heterocycles. The maximum absolute atomic E-state index is 11.2. The standard InChI is InChI=1S/C11H13BrN2O4/c1-6(15)8-4-7(12)2-3-9(8)18-5-10(16)14-11(13)17/h2-4,6,15H,5H2,1H3,(H3,13,14,16,17). The van der Waals surface area contributed by atoms with Crippen LogP contribution < -0.4 is 15.8 Å². The Morgan fingerprint density at radius 1 is 1.56 bits per heavy atom. The largest absolute Gasteiger partial charge is 0.483 e. The van der Waals surface area contributed by atoms with Gasteiger partial charge in [0.25, 0.3) is 5.91 Å². The van der Waals surface area contributed by atoms with E-state index in [9.17, 15) is 14.7 Å². The first-order chi connectivity index (χ1) is 8.40. The molecule has 1 rings (SSSR count). The van der Waals surface area contributed by atoms with Gasteiger partial charge in [0.2, 0.25) is 0 Å². The molecule has 1 unspecified atom stereocenters. The van der Waals surface area contributed by atoms with E-state index in [2.05, 4.69) is 15.9 Å². The average molecular weight is 317 g/mol. The molecule has 18 heavy (non-hydrogen) atoms. The minimum Gasteiger partial charge on any atom is -0.483 e. The van der Waals surface area contributed by atoms with Crippen LogP contribution in [0.5, 0.6) is 5.75 Å². The van der Waals surface area contributed by atoms with Crippen LogP contribution in [0, 0.1) is 0 Å². The van der Waals surface area contributed by atoms with Crippen LogP contribution in [0.2, 0.25) is 0 Å². The van der Waals surface area contributed by atoms with Crippen molar-refractivity contribution in [1.82, 2.24) is 5.32 Å². The van der Waals surface area contributed by atoms with Crippen molar-refractivity contribution in [3.8, 4) is 5.75 Å². The molecule has 0 heterocycles. The Morgan fingerprint density at radius 2 is 2.22 bits per heavy atom. The zero-order valence-corrected chi connectivity index (χ0v) is 11.2. The van der Waals surface area contributed by atoms with Gasteiger partial charge in [0.1, 0.15) is 5.75 Å². The van der Waals surface area contributed by atoms with Crippen LogP contribution in [-0.4, -0.2) is 23.7 Å². The van der Waals surface area contributed by atoms with E-state index in [-0.39, 0.29) is 6.61 Å². The third-order valence-electron chi connectivity index (χ3n) is 2.04. The van der Waals surface area contributed by atoms with E-state index in [1.165, 1.54) is 0 Å². The minimum atomic E-state index is -0.935. The van der Waals surface area contributed by atoms with E-state index >= 15 is 0 Å². The first-order valence-corrected chi connectivity index (χ1v) is 5.89. The Balaban J connectivity index is 2.72. The number of carbonyl (C=O) groups is 2. The predicted molar refractivity (Wildman–Crippen MR) is 68.0 cm³/mol. The van der Waals surface area contributed by atoms with Crippen molar-refractivity contribution in [1.29, 1.82) is 0 Å². The highest BCUT2D eigenvalue weighted by molar-refractivity contribution is 9.10. The molecule has 0 fully saturated rings. The summed E-state index contributed by atoms with van der Waals surface area (Å²) in [5, 5.41) is 11.4. The highest BCUT2D eigenvalue weighted by Crippen LogP contribution is 2.28. The Kier molecular flexibility index (Phi) is 5.11. The lowest BCUT2D eigenvalue weighted by Crippen LogP contribution is -2.38. The lowest BCUT2D eigenvalue weighted by Gasteiger charge is -2.13. The van der Waals surface area contributed by atoms with Crippen LogP contribution in [0.25, 0.3) is 0 Å². The zero-order valence-electron chi connectivity index (χ0n) is 9.64. The predicted octanol–water partition coefficient (Wildman–Crippen LogP) is 1.08. The molecule has 4 N–H and O–H groups in total. The number of primary amides is 1. The summed E-state index contributed by atoms with van der Waals surface area (Å²) in [5.74, 6) is -0.283. The van der Waals surface area contributed by atoms with Gasteiger partial charge in [-0.2, -0.15) is 0 Å². The Bertz CT molecular complexity index is 462. The van der Waals surface area contributed by atoms with Gasteiger partial charge in [0.15, 0.2) is 6.61 Å². The van der Waals surface area contributed by atoms with E-state index < -0.39 is 18.0 Å². The number of hydrogen-bond donors (Lipinski definition) is 3. The molecule has 6 nitrogen and oxygen atoms in total. The quantitative estimate of drug-likeness (QED) is 0.773. The molecule has 3 amide bonds. The van der Waals surface area contributed by atoms with Crippen LogP contribution in [0.3, 0.4) is 0 Å². The second kappa shape index (κ2) is 6.36. The first kappa shape index (κ1) is 14.5. The number of rotatable bonds is 4. The van der Waals surface area contributed by atoms with Crippen molar-refractivity contribution in [2.45, 2.75) is 13.0 Å². The zero-order chi connectivity index (χ0) is 13.7. The Labute approximate surface area is 112 Å². The van der Waals surface area contributed by atoms with Gasteiger partial charge in [0.05, 0.1) is 6.10 Å². The molecule has 1 aromatic rings. The number of aliphatic hydroxyl groups excluding tert-OH is 1. The van der Waals surface area contributed by atoms with Crippen molar-refractivity contribution in [3.05, 3.63) is 28.2 Å². The van der Waals surface area contributed by atoms with Gasteiger partial charge in [-0.05, 0) is 25.1 Å². The lowest BCUT2D eigenvalue weighted by atomic mass is 10.1. The van der Waals surface area contributed by atoms with Crippen molar-refractivity contribution >= 4 is 27.9 Å². The number of halogens is 1. The topological polar surface area (TPSA) is 102 Å². The third-order valence-corrected chi connectivity index (χ3v) is 2.54. The van der Waals surface area contributed by atoms with Crippen molar-refractivity contribution in [2.24, 2.45) is 5.73 Å². The molecule has 98 valence electrons. The third kappa shape index (κ3) is 4.34. The number of hydrogen-bond acceptors (Lipinski definition) is 4. The van der Waals surface area contributed by atoms with Gasteiger partial charge in [0, 0.05) is 10.0 Å². The molecule has 1 aromatic carbocycles. The molecule has 7 heteroatoms. The Hall–Kier alpha value is -1.60. The summed E-state index contributed by atoms with van der Waals surface area (Å²) < 4.78 is 6.00. The average Bonchev–Trinajstić information content (AvgIpc) is 2.26. The number of nitrogens with one attached hydrogen (secondary N) is 1. The number of aliphatic hydroxyl groups is 1. The summed E-state index contributed by atoms with van der Waals surface area (Å²) in [4.78, 5) is 21.6.